The lowest BCUT2D eigenvalue weighted by atomic mass is 10.3. The van der Waals surface area contributed by atoms with Gasteiger partial charge in [-0.25, -0.2) is 4.98 Å². The summed E-state index contributed by atoms with van der Waals surface area (Å²) in [6.07, 6.45) is 2.65. The molecular formula is C10H11N5S. The summed E-state index contributed by atoms with van der Waals surface area (Å²) in [6.45, 7) is 2.08. The van der Waals surface area contributed by atoms with Crippen LogP contribution in [0.15, 0.2) is 17.3 Å². The average molecular weight is 233 g/mol. The zero-order valence-corrected chi connectivity index (χ0v) is 9.66. The van der Waals surface area contributed by atoms with Gasteiger partial charge in [0, 0.05) is 6.07 Å². The van der Waals surface area contributed by atoms with Crippen molar-refractivity contribution < 1.29 is 0 Å². The lowest BCUT2D eigenvalue weighted by Gasteiger charge is -2.06. The standard InChI is InChI=1S/C10H11N5S/c1-2-5-16-10-7(6-11)9(12)15-8(14-10)3-4-13-15/h3-4H,2,5,12H2,1H3. The summed E-state index contributed by atoms with van der Waals surface area (Å²) in [7, 11) is 0. The van der Waals surface area contributed by atoms with Crippen LogP contribution < -0.4 is 5.73 Å². The third kappa shape index (κ3) is 1.70. The first-order valence-corrected chi connectivity index (χ1v) is 5.92. The van der Waals surface area contributed by atoms with Crippen molar-refractivity contribution in [3.05, 3.63) is 17.8 Å². The number of thioether (sulfide) groups is 1. The van der Waals surface area contributed by atoms with Gasteiger partial charge in [-0.05, 0) is 12.2 Å². The molecule has 0 aromatic carbocycles. The van der Waals surface area contributed by atoms with Gasteiger partial charge in [0.2, 0.25) is 0 Å². The molecule has 0 radical (unpaired) electrons. The molecule has 6 heteroatoms. The Labute approximate surface area is 97.3 Å². The number of hydrogen-bond donors (Lipinski definition) is 1. The predicted octanol–water partition coefficient (Wildman–Crippen LogP) is 1.69. The fourth-order valence-corrected chi connectivity index (χ4v) is 2.20. The van der Waals surface area contributed by atoms with E-state index in [2.05, 4.69) is 23.1 Å². The molecule has 2 heterocycles. The molecule has 5 nitrogen and oxygen atoms in total. The van der Waals surface area contributed by atoms with E-state index in [0.29, 0.717) is 22.1 Å². The Morgan fingerprint density at radius 1 is 1.62 bits per heavy atom. The van der Waals surface area contributed by atoms with Crippen molar-refractivity contribution >= 4 is 23.2 Å². The summed E-state index contributed by atoms with van der Waals surface area (Å²) in [5.41, 5.74) is 6.96. The van der Waals surface area contributed by atoms with Crippen LogP contribution in [0.2, 0.25) is 0 Å². The summed E-state index contributed by atoms with van der Waals surface area (Å²) in [5.74, 6) is 1.28. The SMILES string of the molecule is CCCSc1nc2ccnn2c(N)c1C#N. The van der Waals surface area contributed by atoms with Crippen LogP contribution >= 0.6 is 11.8 Å². The minimum absolute atomic E-state index is 0.358. The second-order valence-corrected chi connectivity index (χ2v) is 4.32. The molecule has 2 aromatic rings. The van der Waals surface area contributed by atoms with Gasteiger partial charge in [0.05, 0.1) is 6.20 Å². The maximum Gasteiger partial charge on any atom is 0.158 e. The van der Waals surface area contributed by atoms with E-state index in [1.807, 2.05) is 0 Å². The summed E-state index contributed by atoms with van der Waals surface area (Å²) >= 11 is 1.55. The Morgan fingerprint density at radius 3 is 3.12 bits per heavy atom. The molecule has 0 atom stereocenters. The maximum atomic E-state index is 9.07. The number of rotatable bonds is 3. The molecule has 0 aliphatic carbocycles. The molecule has 2 N–H and O–H groups in total. The van der Waals surface area contributed by atoms with E-state index in [4.69, 9.17) is 11.0 Å². The van der Waals surface area contributed by atoms with Crippen molar-refractivity contribution in [1.82, 2.24) is 14.6 Å². The molecule has 2 aromatic heterocycles. The molecule has 0 fully saturated rings. The molecule has 0 saturated carbocycles. The second-order valence-electron chi connectivity index (χ2n) is 3.24. The lowest BCUT2D eigenvalue weighted by molar-refractivity contribution is 0.920. The van der Waals surface area contributed by atoms with Gasteiger partial charge in [-0.2, -0.15) is 14.9 Å². The molecule has 0 unspecified atom stereocenters. The lowest BCUT2D eigenvalue weighted by Crippen LogP contribution is -2.05. The van der Waals surface area contributed by atoms with Crippen molar-refractivity contribution in [1.29, 1.82) is 5.26 Å². The number of nitrogens with zero attached hydrogens (tertiary/aromatic N) is 4. The second kappa shape index (κ2) is 4.41. The average Bonchev–Trinajstić information content (AvgIpc) is 2.75. The van der Waals surface area contributed by atoms with Crippen LogP contribution in [0.25, 0.3) is 5.65 Å². The normalized spacial score (nSPS) is 10.5. The first kappa shape index (κ1) is 10.8. The highest BCUT2D eigenvalue weighted by Crippen LogP contribution is 2.25. The highest BCUT2D eigenvalue weighted by atomic mass is 32.2. The number of aromatic nitrogens is 3. The Bertz CT molecular complexity index is 554. The number of hydrogen-bond acceptors (Lipinski definition) is 5. The number of anilines is 1. The van der Waals surface area contributed by atoms with E-state index in [-0.39, 0.29) is 0 Å². The molecule has 0 saturated heterocycles. The van der Waals surface area contributed by atoms with Gasteiger partial charge in [-0.1, -0.05) is 6.92 Å². The number of nitrogen functional groups attached to an aromatic ring is 1. The first-order valence-electron chi connectivity index (χ1n) is 4.94. The Kier molecular flexibility index (Phi) is 2.97. The molecule has 2 rings (SSSR count). The highest BCUT2D eigenvalue weighted by molar-refractivity contribution is 7.99. The van der Waals surface area contributed by atoms with Gasteiger partial charge < -0.3 is 5.73 Å². The Hall–Kier alpha value is -1.74. The summed E-state index contributed by atoms with van der Waals surface area (Å²) in [5, 5.41) is 13.8. The molecular weight excluding hydrogens is 222 g/mol. The van der Waals surface area contributed by atoms with Crippen LogP contribution in [0.1, 0.15) is 18.9 Å². The van der Waals surface area contributed by atoms with Gasteiger partial charge in [0.25, 0.3) is 0 Å². The van der Waals surface area contributed by atoms with Crippen molar-refractivity contribution in [3.8, 4) is 6.07 Å². The quantitative estimate of drug-likeness (QED) is 0.644. The Balaban J connectivity index is 2.58. The number of fused-ring (bicyclic) bond motifs is 1. The Morgan fingerprint density at radius 2 is 2.44 bits per heavy atom. The minimum atomic E-state index is 0.358. The largest absolute Gasteiger partial charge is 0.382 e. The van der Waals surface area contributed by atoms with E-state index in [1.54, 1.807) is 24.0 Å². The fourth-order valence-electron chi connectivity index (χ4n) is 1.35. The van der Waals surface area contributed by atoms with Crippen LogP contribution in [-0.4, -0.2) is 20.4 Å². The first-order chi connectivity index (χ1) is 7.77. The van der Waals surface area contributed by atoms with E-state index in [1.165, 1.54) is 4.52 Å². The molecule has 0 amide bonds. The monoisotopic (exact) mass is 233 g/mol. The maximum absolute atomic E-state index is 9.07. The van der Waals surface area contributed by atoms with Gasteiger partial charge in [-0.3, -0.25) is 0 Å². The minimum Gasteiger partial charge on any atom is -0.382 e. The van der Waals surface area contributed by atoms with Crippen molar-refractivity contribution in [2.24, 2.45) is 0 Å². The summed E-state index contributed by atoms with van der Waals surface area (Å²) < 4.78 is 1.48. The molecule has 0 aliphatic rings. The number of nitrogens with two attached hydrogens (primary N) is 1. The van der Waals surface area contributed by atoms with Gasteiger partial charge >= 0.3 is 0 Å². The van der Waals surface area contributed by atoms with Gasteiger partial charge in [0.1, 0.15) is 22.5 Å². The smallest absolute Gasteiger partial charge is 0.158 e. The predicted molar refractivity (Wildman–Crippen MR) is 63.1 cm³/mol. The van der Waals surface area contributed by atoms with Crippen molar-refractivity contribution in [3.63, 3.8) is 0 Å². The van der Waals surface area contributed by atoms with Crippen LogP contribution in [0, 0.1) is 11.3 Å². The summed E-state index contributed by atoms with van der Waals surface area (Å²) in [6, 6.07) is 3.86. The van der Waals surface area contributed by atoms with Crippen LogP contribution in [0.4, 0.5) is 5.82 Å². The topological polar surface area (TPSA) is 80.0 Å². The zero-order valence-electron chi connectivity index (χ0n) is 8.84. The molecule has 0 bridgehead atoms. The molecule has 16 heavy (non-hydrogen) atoms. The molecule has 82 valence electrons. The van der Waals surface area contributed by atoms with E-state index >= 15 is 0 Å². The summed E-state index contributed by atoms with van der Waals surface area (Å²) in [4.78, 5) is 4.37. The third-order valence-electron chi connectivity index (χ3n) is 2.09. The zero-order chi connectivity index (χ0) is 11.5. The van der Waals surface area contributed by atoms with E-state index < -0.39 is 0 Å². The van der Waals surface area contributed by atoms with Crippen molar-refractivity contribution in [2.45, 2.75) is 18.4 Å². The van der Waals surface area contributed by atoms with E-state index in [0.717, 1.165) is 12.2 Å². The van der Waals surface area contributed by atoms with Gasteiger partial charge in [-0.15, -0.1) is 11.8 Å². The van der Waals surface area contributed by atoms with Crippen molar-refractivity contribution in [2.75, 3.05) is 11.5 Å². The fraction of sp³-hybridized carbons (Fsp3) is 0.300. The molecule has 0 aliphatic heterocycles. The molecule has 0 spiro atoms. The van der Waals surface area contributed by atoms with Gasteiger partial charge in [0.15, 0.2) is 5.65 Å². The van der Waals surface area contributed by atoms with E-state index in [9.17, 15) is 0 Å². The highest BCUT2D eigenvalue weighted by Gasteiger charge is 2.13. The van der Waals surface area contributed by atoms with Crippen LogP contribution in [0.5, 0.6) is 0 Å². The number of nitriles is 1. The van der Waals surface area contributed by atoms with Crippen LogP contribution in [-0.2, 0) is 0 Å². The third-order valence-corrected chi connectivity index (χ3v) is 3.27. The van der Waals surface area contributed by atoms with Crippen LogP contribution in [0.3, 0.4) is 0 Å².